The first-order chi connectivity index (χ1) is 19.0. The molecule has 2 aromatic heterocycles. The standard InChI is InChI=1S/C27H33BrClF2N7O2/c1-15-22(23-16(2)24(28)35-36(23)4)33-25(19-7-18(5-6-20(19)29)40-10-17(39)8-32-3)34-26(15)38-13-27(14-38)11-37(12-27)9-21(30)31/h5-7,17,21,32,39H,8-14H2,1-4H3/t17-/m1/s1. The van der Waals surface area contributed by atoms with Crippen molar-refractivity contribution in [1.29, 1.82) is 0 Å². The van der Waals surface area contributed by atoms with Crippen molar-refractivity contribution >= 4 is 33.3 Å². The maximum atomic E-state index is 12.8. The SMILES string of the molecule is CNC[C@@H](O)COc1ccc(Cl)c(-c2nc(-c3c(C)c(Br)nn3C)c(C)c(N3CC4(CN(CC(F)F)C4)C3)n2)c1. The van der Waals surface area contributed by atoms with Gasteiger partial charge in [0.15, 0.2) is 5.82 Å². The van der Waals surface area contributed by atoms with E-state index in [1.54, 1.807) is 34.8 Å². The Morgan fingerprint density at radius 1 is 1.18 bits per heavy atom. The molecule has 0 aliphatic carbocycles. The molecule has 5 rings (SSSR count). The molecule has 0 amide bonds. The second kappa shape index (κ2) is 11.5. The van der Waals surface area contributed by atoms with Gasteiger partial charge in [-0.05, 0) is 55.0 Å². The van der Waals surface area contributed by atoms with Crippen LogP contribution in [0.25, 0.3) is 22.8 Å². The quantitative estimate of drug-likeness (QED) is 0.345. The normalized spacial score (nSPS) is 17.3. The number of likely N-dealkylation sites (N-methyl/N-ethyl adjacent to an activating group) is 1. The number of benzene rings is 1. The molecule has 9 nitrogen and oxygen atoms in total. The Morgan fingerprint density at radius 3 is 2.52 bits per heavy atom. The molecule has 2 fully saturated rings. The van der Waals surface area contributed by atoms with Crippen molar-refractivity contribution in [3.63, 3.8) is 0 Å². The van der Waals surface area contributed by atoms with Gasteiger partial charge in [-0.25, -0.2) is 18.7 Å². The number of aromatic nitrogens is 4. The van der Waals surface area contributed by atoms with E-state index in [0.29, 0.717) is 41.8 Å². The van der Waals surface area contributed by atoms with Crippen LogP contribution in [0.5, 0.6) is 5.75 Å². The Balaban J connectivity index is 1.50. The maximum Gasteiger partial charge on any atom is 0.251 e. The number of hydrogen-bond donors (Lipinski definition) is 2. The van der Waals surface area contributed by atoms with E-state index in [1.165, 1.54) is 0 Å². The van der Waals surface area contributed by atoms with E-state index in [-0.39, 0.29) is 18.6 Å². The lowest BCUT2D eigenvalue weighted by Crippen LogP contribution is -2.72. The van der Waals surface area contributed by atoms with Gasteiger partial charge in [-0.1, -0.05) is 11.6 Å². The van der Waals surface area contributed by atoms with Gasteiger partial charge in [0.2, 0.25) is 0 Å². The van der Waals surface area contributed by atoms with Crippen molar-refractivity contribution in [3.05, 3.63) is 39.0 Å². The molecule has 0 saturated carbocycles. The summed E-state index contributed by atoms with van der Waals surface area (Å²) < 4.78 is 34.0. The third-order valence-electron chi connectivity index (χ3n) is 7.50. The van der Waals surface area contributed by atoms with Crippen LogP contribution >= 0.6 is 27.5 Å². The molecule has 2 saturated heterocycles. The fraction of sp³-hybridized carbons (Fsp3) is 0.519. The molecule has 2 aliphatic heterocycles. The summed E-state index contributed by atoms with van der Waals surface area (Å²) in [4.78, 5) is 13.9. The van der Waals surface area contributed by atoms with Crippen LogP contribution in [0.1, 0.15) is 11.1 Å². The number of aryl methyl sites for hydroxylation is 1. The molecule has 3 aromatic rings. The lowest BCUT2D eigenvalue weighted by molar-refractivity contribution is -0.0515. The van der Waals surface area contributed by atoms with Crippen LogP contribution in [-0.2, 0) is 7.05 Å². The number of nitrogens with zero attached hydrogens (tertiary/aromatic N) is 6. The van der Waals surface area contributed by atoms with E-state index in [0.717, 1.165) is 46.0 Å². The number of halogens is 4. The maximum absolute atomic E-state index is 12.8. The molecule has 4 heterocycles. The summed E-state index contributed by atoms with van der Waals surface area (Å²) >= 11 is 10.2. The molecule has 216 valence electrons. The predicted molar refractivity (Wildman–Crippen MR) is 154 cm³/mol. The van der Waals surface area contributed by atoms with Gasteiger partial charge in [0.1, 0.15) is 28.9 Å². The molecule has 2 N–H and O–H groups in total. The molecule has 0 unspecified atom stereocenters. The van der Waals surface area contributed by atoms with Crippen LogP contribution in [0.4, 0.5) is 14.6 Å². The van der Waals surface area contributed by atoms with Gasteiger partial charge in [-0.3, -0.25) is 9.58 Å². The monoisotopic (exact) mass is 639 g/mol. The molecule has 13 heteroatoms. The van der Waals surface area contributed by atoms with Crippen molar-refractivity contribution in [1.82, 2.24) is 30.0 Å². The number of nitrogens with one attached hydrogen (secondary N) is 1. The molecule has 0 bridgehead atoms. The minimum atomic E-state index is -2.32. The number of hydrogen-bond acceptors (Lipinski definition) is 8. The predicted octanol–water partition coefficient (Wildman–Crippen LogP) is 3.92. The molecule has 40 heavy (non-hydrogen) atoms. The highest BCUT2D eigenvalue weighted by Crippen LogP contribution is 2.44. The van der Waals surface area contributed by atoms with Gasteiger partial charge >= 0.3 is 0 Å². The van der Waals surface area contributed by atoms with Gasteiger partial charge < -0.3 is 20.1 Å². The summed E-state index contributed by atoms with van der Waals surface area (Å²) in [6.07, 6.45) is -2.98. The first-order valence-electron chi connectivity index (χ1n) is 13.1. The summed E-state index contributed by atoms with van der Waals surface area (Å²) in [5.41, 5.74) is 4.06. The third kappa shape index (κ3) is 5.69. The Morgan fingerprint density at radius 2 is 1.90 bits per heavy atom. The first-order valence-corrected chi connectivity index (χ1v) is 14.3. The number of aliphatic hydroxyl groups is 1. The number of ether oxygens (including phenoxy) is 1. The van der Waals surface area contributed by atoms with Crippen molar-refractivity contribution < 1.29 is 18.6 Å². The first kappa shape index (κ1) is 29.1. The van der Waals surface area contributed by atoms with Crippen LogP contribution in [-0.4, -0.2) is 95.2 Å². The lowest BCUT2D eigenvalue weighted by Gasteiger charge is -2.60. The number of alkyl halides is 2. The van der Waals surface area contributed by atoms with Crippen molar-refractivity contribution in [2.75, 3.05) is 57.8 Å². The average molecular weight is 641 g/mol. The zero-order valence-corrected chi connectivity index (χ0v) is 25.2. The molecular weight excluding hydrogens is 608 g/mol. The van der Waals surface area contributed by atoms with Crippen molar-refractivity contribution in [2.24, 2.45) is 12.5 Å². The summed E-state index contributed by atoms with van der Waals surface area (Å²) in [5.74, 6) is 1.76. The summed E-state index contributed by atoms with van der Waals surface area (Å²) in [7, 11) is 3.64. The Labute approximate surface area is 245 Å². The average Bonchev–Trinajstić information content (AvgIpc) is 3.10. The smallest absolute Gasteiger partial charge is 0.251 e. The van der Waals surface area contributed by atoms with Crippen LogP contribution in [0.3, 0.4) is 0 Å². The highest BCUT2D eigenvalue weighted by atomic mass is 79.9. The molecule has 1 atom stereocenters. The van der Waals surface area contributed by atoms with Crippen molar-refractivity contribution in [2.45, 2.75) is 26.4 Å². The van der Waals surface area contributed by atoms with Gasteiger partial charge in [0.05, 0.1) is 23.0 Å². The van der Waals surface area contributed by atoms with E-state index >= 15 is 0 Å². The van der Waals surface area contributed by atoms with E-state index in [9.17, 15) is 13.9 Å². The Hall–Kier alpha value is -2.38. The lowest BCUT2D eigenvalue weighted by atomic mass is 9.72. The van der Waals surface area contributed by atoms with Crippen LogP contribution in [0.2, 0.25) is 5.02 Å². The number of aliphatic hydroxyl groups excluding tert-OH is 1. The summed E-state index contributed by atoms with van der Waals surface area (Å²) in [6, 6.07) is 5.26. The van der Waals surface area contributed by atoms with Crippen LogP contribution in [0.15, 0.2) is 22.8 Å². The highest BCUT2D eigenvalue weighted by Gasteiger charge is 2.52. The van der Waals surface area contributed by atoms with E-state index < -0.39 is 12.5 Å². The van der Waals surface area contributed by atoms with Gasteiger partial charge in [-0.2, -0.15) is 5.10 Å². The molecule has 0 radical (unpaired) electrons. The molecular formula is C27H33BrClF2N7O2. The molecule has 2 aliphatic rings. The summed E-state index contributed by atoms with van der Waals surface area (Å²) in [6.45, 7) is 7.12. The highest BCUT2D eigenvalue weighted by molar-refractivity contribution is 9.10. The van der Waals surface area contributed by atoms with E-state index in [1.807, 2.05) is 20.9 Å². The second-order valence-electron chi connectivity index (χ2n) is 10.8. The number of likely N-dealkylation sites (tertiary alicyclic amines) is 1. The number of anilines is 1. The van der Waals surface area contributed by atoms with E-state index in [4.69, 9.17) is 26.3 Å². The van der Waals surface area contributed by atoms with Crippen LogP contribution < -0.4 is 15.0 Å². The minimum absolute atomic E-state index is 0.0116. The largest absolute Gasteiger partial charge is 0.491 e. The fourth-order valence-electron chi connectivity index (χ4n) is 5.68. The molecule has 1 aromatic carbocycles. The van der Waals surface area contributed by atoms with Gasteiger partial charge in [0.25, 0.3) is 6.43 Å². The second-order valence-corrected chi connectivity index (χ2v) is 12.0. The molecule has 1 spiro atoms. The third-order valence-corrected chi connectivity index (χ3v) is 8.58. The fourth-order valence-corrected chi connectivity index (χ4v) is 6.31. The zero-order chi connectivity index (χ0) is 28.8. The topological polar surface area (TPSA) is 91.6 Å². The summed E-state index contributed by atoms with van der Waals surface area (Å²) in [5, 5.41) is 18.0. The number of rotatable bonds is 10. The van der Waals surface area contributed by atoms with E-state index in [2.05, 4.69) is 31.2 Å². The van der Waals surface area contributed by atoms with Crippen molar-refractivity contribution in [3.8, 4) is 28.5 Å². The zero-order valence-electron chi connectivity index (χ0n) is 22.9. The van der Waals surface area contributed by atoms with Gasteiger partial charge in [-0.15, -0.1) is 0 Å². The Bertz CT molecular complexity index is 1390. The Kier molecular flexibility index (Phi) is 8.36. The van der Waals surface area contributed by atoms with Gasteiger partial charge in [0, 0.05) is 61.9 Å². The van der Waals surface area contributed by atoms with Crippen LogP contribution in [0, 0.1) is 19.3 Å². The minimum Gasteiger partial charge on any atom is -0.491 e.